The molecule has 0 aromatic rings. The zero-order valence-corrected chi connectivity index (χ0v) is 10.4. The highest BCUT2D eigenvalue weighted by Gasteiger charge is 2.24. The summed E-state index contributed by atoms with van der Waals surface area (Å²) in [6, 6.07) is 0.178. The summed E-state index contributed by atoms with van der Waals surface area (Å²) in [6.45, 7) is 6.80. The first kappa shape index (κ1) is 13.0. The zero-order chi connectivity index (χ0) is 12.3. The van der Waals surface area contributed by atoms with E-state index in [0.717, 1.165) is 11.6 Å². The van der Waals surface area contributed by atoms with Gasteiger partial charge in [-0.3, -0.25) is 4.90 Å². The van der Waals surface area contributed by atoms with Crippen LogP contribution in [0.1, 0.15) is 20.8 Å². The lowest BCUT2D eigenvalue weighted by molar-refractivity contribution is 0.0219. The van der Waals surface area contributed by atoms with E-state index in [1.165, 1.54) is 0 Å². The molecule has 0 fully saturated rings. The van der Waals surface area contributed by atoms with Crippen molar-refractivity contribution >= 4 is 6.09 Å². The SMILES string of the molecule is CN1CC=CC1CN(N)C(=O)OC(C)(C)C. The normalized spacial score (nSPS) is 21.2. The Balaban J connectivity index is 2.43. The molecular weight excluding hydrogens is 206 g/mol. The van der Waals surface area contributed by atoms with Crippen molar-refractivity contribution in [1.29, 1.82) is 0 Å². The molecule has 1 atom stereocenters. The van der Waals surface area contributed by atoms with Gasteiger partial charge in [-0.05, 0) is 27.8 Å². The first-order chi connectivity index (χ1) is 7.29. The molecule has 1 aliphatic heterocycles. The summed E-state index contributed by atoms with van der Waals surface area (Å²) in [5, 5.41) is 1.13. The fourth-order valence-corrected chi connectivity index (χ4v) is 1.46. The molecule has 5 heteroatoms. The van der Waals surface area contributed by atoms with Crippen LogP contribution >= 0.6 is 0 Å². The van der Waals surface area contributed by atoms with Gasteiger partial charge in [0.15, 0.2) is 0 Å². The predicted molar refractivity (Wildman–Crippen MR) is 62.7 cm³/mol. The number of hydrazine groups is 1. The molecule has 1 rings (SSSR count). The fourth-order valence-electron chi connectivity index (χ4n) is 1.46. The van der Waals surface area contributed by atoms with Crippen molar-refractivity contribution in [3.8, 4) is 0 Å². The molecule has 0 bridgehead atoms. The van der Waals surface area contributed by atoms with E-state index in [1.807, 2.05) is 33.9 Å². The van der Waals surface area contributed by atoms with Crippen LogP contribution in [0.3, 0.4) is 0 Å². The number of hydrogen-bond donors (Lipinski definition) is 1. The Morgan fingerprint density at radius 3 is 2.69 bits per heavy atom. The highest BCUT2D eigenvalue weighted by atomic mass is 16.6. The van der Waals surface area contributed by atoms with Crippen LogP contribution in [0.2, 0.25) is 0 Å². The maximum atomic E-state index is 11.6. The molecule has 0 spiro atoms. The molecule has 0 saturated carbocycles. The van der Waals surface area contributed by atoms with E-state index in [1.54, 1.807) is 0 Å². The van der Waals surface area contributed by atoms with E-state index in [0.29, 0.717) is 6.54 Å². The Hall–Kier alpha value is -1.07. The molecule has 1 unspecified atom stereocenters. The Kier molecular flexibility index (Phi) is 3.93. The Morgan fingerprint density at radius 1 is 1.62 bits per heavy atom. The number of ether oxygens (including phenoxy) is 1. The first-order valence-electron chi connectivity index (χ1n) is 5.42. The average molecular weight is 227 g/mol. The molecule has 0 saturated heterocycles. The summed E-state index contributed by atoms with van der Waals surface area (Å²) < 4.78 is 5.16. The molecule has 16 heavy (non-hydrogen) atoms. The van der Waals surface area contributed by atoms with Crippen LogP contribution in [0.15, 0.2) is 12.2 Å². The third kappa shape index (κ3) is 3.83. The van der Waals surface area contributed by atoms with E-state index in [-0.39, 0.29) is 6.04 Å². The lowest BCUT2D eigenvalue weighted by Gasteiger charge is -2.27. The molecule has 1 amide bonds. The van der Waals surface area contributed by atoms with E-state index in [9.17, 15) is 4.79 Å². The molecule has 1 heterocycles. The van der Waals surface area contributed by atoms with Crippen LogP contribution in [0, 0.1) is 0 Å². The van der Waals surface area contributed by atoms with E-state index < -0.39 is 11.7 Å². The number of carbonyl (C=O) groups excluding carboxylic acids is 1. The number of carbonyl (C=O) groups is 1. The van der Waals surface area contributed by atoms with E-state index in [2.05, 4.69) is 11.0 Å². The number of likely N-dealkylation sites (N-methyl/N-ethyl adjacent to an activating group) is 1. The quantitative estimate of drug-likeness (QED) is 0.330. The number of hydrogen-bond acceptors (Lipinski definition) is 4. The fraction of sp³-hybridized carbons (Fsp3) is 0.727. The van der Waals surface area contributed by atoms with Crippen molar-refractivity contribution < 1.29 is 9.53 Å². The van der Waals surface area contributed by atoms with Gasteiger partial charge >= 0.3 is 6.09 Å². The maximum absolute atomic E-state index is 11.6. The Morgan fingerprint density at radius 2 is 2.25 bits per heavy atom. The van der Waals surface area contributed by atoms with Crippen molar-refractivity contribution in [2.24, 2.45) is 5.84 Å². The van der Waals surface area contributed by atoms with Gasteiger partial charge in [-0.1, -0.05) is 12.2 Å². The lowest BCUT2D eigenvalue weighted by Crippen LogP contribution is -2.47. The first-order valence-corrected chi connectivity index (χ1v) is 5.42. The minimum atomic E-state index is -0.508. The molecule has 92 valence electrons. The summed E-state index contributed by atoms with van der Waals surface area (Å²) in [6.07, 6.45) is 3.62. The van der Waals surface area contributed by atoms with Crippen LogP contribution in [0.25, 0.3) is 0 Å². The number of rotatable bonds is 2. The highest BCUT2D eigenvalue weighted by Crippen LogP contribution is 2.11. The average Bonchev–Trinajstić information content (AvgIpc) is 2.49. The van der Waals surface area contributed by atoms with E-state index in [4.69, 9.17) is 10.6 Å². The van der Waals surface area contributed by atoms with Gasteiger partial charge in [0, 0.05) is 12.6 Å². The molecule has 0 aromatic carbocycles. The lowest BCUT2D eigenvalue weighted by atomic mass is 10.2. The summed E-state index contributed by atoms with van der Waals surface area (Å²) in [7, 11) is 1.99. The van der Waals surface area contributed by atoms with Gasteiger partial charge in [0.1, 0.15) is 5.60 Å². The third-order valence-corrected chi connectivity index (χ3v) is 2.33. The number of amides is 1. The van der Waals surface area contributed by atoms with Gasteiger partial charge in [-0.25, -0.2) is 15.6 Å². The van der Waals surface area contributed by atoms with Crippen molar-refractivity contribution in [1.82, 2.24) is 9.91 Å². The van der Waals surface area contributed by atoms with Crippen LogP contribution in [0.4, 0.5) is 4.79 Å². The molecule has 0 radical (unpaired) electrons. The van der Waals surface area contributed by atoms with Gasteiger partial charge in [0.05, 0.1) is 6.54 Å². The number of nitrogens with zero attached hydrogens (tertiary/aromatic N) is 2. The van der Waals surface area contributed by atoms with Gasteiger partial charge < -0.3 is 4.74 Å². The third-order valence-electron chi connectivity index (χ3n) is 2.33. The van der Waals surface area contributed by atoms with Crippen molar-refractivity contribution in [3.63, 3.8) is 0 Å². The van der Waals surface area contributed by atoms with Crippen molar-refractivity contribution in [2.45, 2.75) is 32.4 Å². The van der Waals surface area contributed by atoms with Crippen LogP contribution in [-0.4, -0.2) is 47.8 Å². The topological polar surface area (TPSA) is 58.8 Å². The largest absolute Gasteiger partial charge is 0.443 e. The second-order valence-corrected chi connectivity index (χ2v) is 5.07. The number of nitrogens with two attached hydrogens (primary N) is 1. The van der Waals surface area contributed by atoms with Gasteiger partial charge in [-0.15, -0.1) is 0 Å². The standard InChI is InChI=1S/C11H21N3O2/c1-11(2,3)16-10(15)14(12)8-9-6-5-7-13(9)4/h5-6,9H,7-8,12H2,1-4H3. The maximum Gasteiger partial charge on any atom is 0.424 e. The summed E-state index contributed by atoms with van der Waals surface area (Å²) in [4.78, 5) is 13.7. The van der Waals surface area contributed by atoms with Gasteiger partial charge in [0.25, 0.3) is 0 Å². The van der Waals surface area contributed by atoms with Gasteiger partial charge in [-0.2, -0.15) is 0 Å². The second kappa shape index (κ2) is 4.84. The summed E-state index contributed by atoms with van der Waals surface area (Å²) in [5.41, 5.74) is -0.508. The predicted octanol–water partition coefficient (Wildman–Crippen LogP) is 0.967. The molecule has 2 N–H and O–H groups in total. The minimum Gasteiger partial charge on any atom is -0.443 e. The summed E-state index contributed by atoms with van der Waals surface area (Å²) in [5.74, 6) is 5.66. The smallest absolute Gasteiger partial charge is 0.424 e. The molecule has 0 aromatic heterocycles. The molecule has 0 aliphatic carbocycles. The van der Waals surface area contributed by atoms with Crippen molar-refractivity contribution in [2.75, 3.05) is 20.1 Å². The van der Waals surface area contributed by atoms with Crippen LogP contribution in [-0.2, 0) is 4.74 Å². The molecule has 5 nitrogen and oxygen atoms in total. The Bertz CT molecular complexity index is 283. The van der Waals surface area contributed by atoms with E-state index >= 15 is 0 Å². The zero-order valence-electron chi connectivity index (χ0n) is 10.4. The second-order valence-electron chi connectivity index (χ2n) is 5.07. The van der Waals surface area contributed by atoms with Gasteiger partial charge in [0.2, 0.25) is 0 Å². The molecular formula is C11H21N3O2. The highest BCUT2D eigenvalue weighted by molar-refractivity contribution is 5.67. The summed E-state index contributed by atoms with van der Waals surface area (Å²) >= 11 is 0. The van der Waals surface area contributed by atoms with Crippen LogP contribution in [0.5, 0.6) is 0 Å². The Labute approximate surface area is 96.8 Å². The monoisotopic (exact) mass is 227 g/mol. The van der Waals surface area contributed by atoms with Crippen LogP contribution < -0.4 is 5.84 Å². The minimum absolute atomic E-state index is 0.178. The van der Waals surface area contributed by atoms with Crippen molar-refractivity contribution in [3.05, 3.63) is 12.2 Å². The molecule has 1 aliphatic rings.